The van der Waals surface area contributed by atoms with Crippen LogP contribution in [0.3, 0.4) is 0 Å². The summed E-state index contributed by atoms with van der Waals surface area (Å²) >= 11 is 3.58. The third-order valence-corrected chi connectivity index (χ3v) is 4.73. The van der Waals surface area contributed by atoms with Crippen LogP contribution >= 0.6 is 40.7 Å². The van der Waals surface area contributed by atoms with Crippen molar-refractivity contribution in [2.75, 3.05) is 32.8 Å². The number of rotatable bonds is 14. The minimum Gasteiger partial charge on any atom is -0.493 e. The van der Waals surface area contributed by atoms with Crippen LogP contribution in [0, 0.1) is 0 Å². The van der Waals surface area contributed by atoms with Crippen molar-refractivity contribution in [1.29, 1.82) is 0 Å². The Hall–Kier alpha value is -0.000000000000000111. The zero-order chi connectivity index (χ0) is 17.6. The van der Waals surface area contributed by atoms with Crippen molar-refractivity contribution in [3.05, 3.63) is 28.2 Å². The van der Waals surface area contributed by atoms with Gasteiger partial charge in [-0.3, -0.25) is 0 Å². The first-order valence-corrected chi connectivity index (χ1v) is 10.3. The maximum absolute atomic E-state index is 5.55. The number of unbranched alkanes of at least 4 members (excludes halogenated alkanes) is 2. The lowest BCUT2D eigenvalue weighted by molar-refractivity contribution is 0.261. The van der Waals surface area contributed by atoms with E-state index in [0.29, 0.717) is 6.61 Å². The van der Waals surface area contributed by atoms with E-state index >= 15 is 0 Å². The Labute approximate surface area is 181 Å². The van der Waals surface area contributed by atoms with Gasteiger partial charge >= 0.3 is 0 Å². The molecule has 0 saturated heterocycles. The number of hydrogen-bond acceptors (Lipinski definition) is 3. The molecule has 0 spiro atoms. The van der Waals surface area contributed by atoms with Crippen LogP contribution in [0.2, 0.25) is 0 Å². The topological polar surface area (TPSA) is 24.5 Å². The van der Waals surface area contributed by atoms with E-state index in [1.807, 2.05) is 13.0 Å². The highest BCUT2D eigenvalue weighted by molar-refractivity contribution is 9.10. The highest BCUT2D eigenvalue weighted by atomic mass is 79.9. The van der Waals surface area contributed by atoms with Crippen molar-refractivity contribution >= 4 is 40.7 Å². The van der Waals surface area contributed by atoms with Gasteiger partial charge in [0.25, 0.3) is 0 Å². The molecular formula is C20H37BrCl2N2O. The van der Waals surface area contributed by atoms with Gasteiger partial charge in [-0.2, -0.15) is 0 Å². The number of benzene rings is 1. The third kappa shape index (κ3) is 12.4. The Morgan fingerprint density at radius 2 is 1.58 bits per heavy atom. The molecule has 26 heavy (non-hydrogen) atoms. The molecule has 0 aliphatic rings. The van der Waals surface area contributed by atoms with E-state index in [1.165, 1.54) is 57.3 Å². The second-order valence-electron chi connectivity index (χ2n) is 6.28. The summed E-state index contributed by atoms with van der Waals surface area (Å²) in [6, 6.07) is 6.33. The molecule has 0 aromatic heterocycles. The average Bonchev–Trinajstić information content (AvgIpc) is 2.58. The smallest absolute Gasteiger partial charge is 0.133 e. The SMILES string of the molecule is CCCCN(CCCC)CCCNCc1ccc(OCC)c(Br)c1.Cl.Cl. The Kier molecular flexibility index (Phi) is 19.9. The van der Waals surface area contributed by atoms with Gasteiger partial charge in [0.2, 0.25) is 0 Å². The minimum atomic E-state index is 0. The van der Waals surface area contributed by atoms with E-state index in [2.05, 4.69) is 52.1 Å². The molecule has 0 amide bonds. The Morgan fingerprint density at radius 1 is 0.962 bits per heavy atom. The maximum atomic E-state index is 5.55. The van der Waals surface area contributed by atoms with Crippen LogP contribution in [0.5, 0.6) is 5.75 Å². The second kappa shape index (κ2) is 18.4. The quantitative estimate of drug-likeness (QED) is 0.333. The summed E-state index contributed by atoms with van der Waals surface area (Å²) in [5.41, 5.74) is 1.29. The summed E-state index contributed by atoms with van der Waals surface area (Å²) in [6.07, 6.45) is 6.42. The first kappa shape index (κ1) is 28.2. The van der Waals surface area contributed by atoms with E-state index in [-0.39, 0.29) is 24.8 Å². The van der Waals surface area contributed by atoms with Crippen LogP contribution in [0.4, 0.5) is 0 Å². The molecule has 0 unspecified atom stereocenters. The van der Waals surface area contributed by atoms with E-state index < -0.39 is 0 Å². The number of nitrogens with zero attached hydrogens (tertiary/aromatic N) is 1. The number of halogens is 3. The number of ether oxygens (including phenoxy) is 1. The molecule has 1 N–H and O–H groups in total. The van der Waals surface area contributed by atoms with Crippen LogP contribution in [0.15, 0.2) is 22.7 Å². The summed E-state index contributed by atoms with van der Waals surface area (Å²) in [4.78, 5) is 2.63. The maximum Gasteiger partial charge on any atom is 0.133 e. The van der Waals surface area contributed by atoms with Gasteiger partial charge in [0.15, 0.2) is 0 Å². The molecule has 6 heteroatoms. The Bertz CT molecular complexity index is 442. The molecule has 0 bridgehead atoms. The molecule has 0 radical (unpaired) electrons. The van der Waals surface area contributed by atoms with Crippen LogP contribution in [-0.2, 0) is 6.54 Å². The summed E-state index contributed by atoms with van der Waals surface area (Å²) < 4.78 is 6.59. The Balaban J connectivity index is 0. The second-order valence-corrected chi connectivity index (χ2v) is 7.13. The van der Waals surface area contributed by atoms with Gasteiger partial charge in [-0.05, 0) is 86.0 Å². The van der Waals surface area contributed by atoms with Gasteiger partial charge in [-0.1, -0.05) is 32.8 Å². The van der Waals surface area contributed by atoms with E-state index in [4.69, 9.17) is 4.74 Å². The predicted molar refractivity (Wildman–Crippen MR) is 122 cm³/mol. The summed E-state index contributed by atoms with van der Waals surface area (Å²) in [6.45, 7) is 12.9. The lowest BCUT2D eigenvalue weighted by atomic mass is 10.2. The standard InChI is InChI=1S/C20H35BrN2O.2ClH/c1-4-7-13-23(14-8-5-2)15-9-12-22-17-18-10-11-20(24-6-3)19(21)16-18;;/h10-11,16,22H,4-9,12-15,17H2,1-3H3;2*1H. The van der Waals surface area contributed by atoms with Crippen molar-refractivity contribution in [3.8, 4) is 5.75 Å². The third-order valence-electron chi connectivity index (χ3n) is 4.11. The highest BCUT2D eigenvalue weighted by Crippen LogP contribution is 2.25. The summed E-state index contributed by atoms with van der Waals surface area (Å²) in [5.74, 6) is 0.920. The molecular weight excluding hydrogens is 435 g/mol. The van der Waals surface area contributed by atoms with Crippen molar-refractivity contribution < 1.29 is 4.74 Å². The fourth-order valence-electron chi connectivity index (χ4n) is 2.69. The molecule has 0 heterocycles. The van der Waals surface area contributed by atoms with Crippen LogP contribution in [0.1, 0.15) is 58.4 Å². The van der Waals surface area contributed by atoms with E-state index in [0.717, 1.165) is 23.3 Å². The van der Waals surface area contributed by atoms with Crippen molar-refractivity contribution in [3.63, 3.8) is 0 Å². The monoisotopic (exact) mass is 470 g/mol. The van der Waals surface area contributed by atoms with Crippen LogP contribution < -0.4 is 10.1 Å². The molecule has 0 atom stereocenters. The fourth-order valence-corrected chi connectivity index (χ4v) is 3.23. The van der Waals surface area contributed by atoms with Gasteiger partial charge in [0.1, 0.15) is 5.75 Å². The number of hydrogen-bond donors (Lipinski definition) is 1. The van der Waals surface area contributed by atoms with Crippen LogP contribution in [-0.4, -0.2) is 37.7 Å². The van der Waals surface area contributed by atoms with E-state index in [1.54, 1.807) is 0 Å². The van der Waals surface area contributed by atoms with Gasteiger partial charge < -0.3 is 15.0 Å². The molecule has 0 aliphatic heterocycles. The minimum absolute atomic E-state index is 0. The Morgan fingerprint density at radius 3 is 2.12 bits per heavy atom. The zero-order valence-corrected chi connectivity index (χ0v) is 19.8. The van der Waals surface area contributed by atoms with Gasteiger partial charge in [0.05, 0.1) is 11.1 Å². The first-order valence-electron chi connectivity index (χ1n) is 9.55. The molecule has 3 nitrogen and oxygen atoms in total. The summed E-state index contributed by atoms with van der Waals surface area (Å²) in [5, 5.41) is 3.56. The van der Waals surface area contributed by atoms with Crippen LogP contribution in [0.25, 0.3) is 0 Å². The lowest BCUT2D eigenvalue weighted by Crippen LogP contribution is -2.29. The molecule has 154 valence electrons. The molecule has 1 aromatic carbocycles. The largest absolute Gasteiger partial charge is 0.493 e. The van der Waals surface area contributed by atoms with Gasteiger partial charge in [0, 0.05) is 6.54 Å². The van der Waals surface area contributed by atoms with Gasteiger partial charge in [-0.15, -0.1) is 24.8 Å². The average molecular weight is 472 g/mol. The van der Waals surface area contributed by atoms with E-state index in [9.17, 15) is 0 Å². The van der Waals surface area contributed by atoms with Crippen molar-refractivity contribution in [1.82, 2.24) is 10.2 Å². The molecule has 0 fully saturated rings. The molecule has 1 rings (SSSR count). The lowest BCUT2D eigenvalue weighted by Gasteiger charge is -2.22. The predicted octanol–water partition coefficient (Wildman–Crippen LogP) is 6.07. The van der Waals surface area contributed by atoms with Crippen molar-refractivity contribution in [2.24, 2.45) is 0 Å². The fraction of sp³-hybridized carbons (Fsp3) is 0.700. The summed E-state index contributed by atoms with van der Waals surface area (Å²) in [7, 11) is 0. The normalized spacial score (nSPS) is 10.3. The zero-order valence-electron chi connectivity index (χ0n) is 16.6. The van der Waals surface area contributed by atoms with Crippen molar-refractivity contribution in [2.45, 2.75) is 59.4 Å². The van der Waals surface area contributed by atoms with Gasteiger partial charge in [-0.25, -0.2) is 0 Å². The molecule has 0 aliphatic carbocycles. The molecule has 1 aromatic rings. The first-order chi connectivity index (χ1) is 11.7. The number of nitrogens with one attached hydrogen (secondary N) is 1. The highest BCUT2D eigenvalue weighted by Gasteiger charge is 2.04. The molecule has 0 saturated carbocycles.